The van der Waals surface area contributed by atoms with E-state index in [0.717, 1.165) is 17.3 Å². The van der Waals surface area contributed by atoms with Gasteiger partial charge >= 0.3 is 0 Å². The van der Waals surface area contributed by atoms with Gasteiger partial charge < -0.3 is 11.1 Å². The zero-order chi connectivity index (χ0) is 13.2. The van der Waals surface area contributed by atoms with Crippen LogP contribution in [0.2, 0.25) is 0 Å². The number of halogens is 1. The summed E-state index contributed by atoms with van der Waals surface area (Å²) < 4.78 is 1.08. The summed E-state index contributed by atoms with van der Waals surface area (Å²) >= 11 is 3.45. The van der Waals surface area contributed by atoms with E-state index in [9.17, 15) is 4.79 Å². The van der Waals surface area contributed by atoms with Crippen LogP contribution in [0.3, 0.4) is 0 Å². The van der Waals surface area contributed by atoms with Gasteiger partial charge in [0.25, 0.3) is 0 Å². The van der Waals surface area contributed by atoms with E-state index in [1.807, 2.05) is 0 Å². The Morgan fingerprint density at radius 2 is 2.06 bits per heavy atom. The lowest BCUT2D eigenvalue weighted by atomic mass is 9.64. The molecule has 0 spiro atoms. The number of nitrogens with two attached hydrogens (primary N) is 1. The lowest BCUT2D eigenvalue weighted by Gasteiger charge is -2.42. The summed E-state index contributed by atoms with van der Waals surface area (Å²) in [7, 11) is 0. The highest BCUT2D eigenvalue weighted by atomic mass is 79.9. The van der Waals surface area contributed by atoms with Gasteiger partial charge in [-0.25, -0.2) is 0 Å². The highest BCUT2D eigenvalue weighted by Crippen LogP contribution is 2.43. The fourth-order valence-corrected chi connectivity index (χ4v) is 2.66. The van der Waals surface area contributed by atoms with Crippen LogP contribution in [0.25, 0.3) is 0 Å². The molecular formula is C14H19BrN2O. The van der Waals surface area contributed by atoms with Gasteiger partial charge in [0.15, 0.2) is 0 Å². The predicted octanol–water partition coefficient (Wildman–Crippen LogP) is 2.33. The second kappa shape index (κ2) is 5.41. The minimum Gasteiger partial charge on any atom is -0.354 e. The Kier molecular flexibility index (Phi) is 4.07. The van der Waals surface area contributed by atoms with Crippen LogP contribution in [-0.2, 0) is 10.2 Å². The smallest absolute Gasteiger partial charge is 0.236 e. The van der Waals surface area contributed by atoms with E-state index in [1.165, 1.54) is 12.0 Å². The molecule has 4 heteroatoms. The SMILES string of the molecule is C[C@@H](N)C(=O)NCC1(c2ccc(Br)cc2)CCC1. The Morgan fingerprint density at radius 1 is 1.44 bits per heavy atom. The van der Waals surface area contributed by atoms with Crippen LogP contribution in [0.15, 0.2) is 28.7 Å². The first-order chi connectivity index (χ1) is 8.53. The molecule has 1 fully saturated rings. The molecule has 1 aliphatic carbocycles. The lowest BCUT2D eigenvalue weighted by Crippen LogP contribution is -2.49. The average Bonchev–Trinajstić information content (AvgIpc) is 2.29. The summed E-state index contributed by atoms with van der Waals surface area (Å²) in [5.41, 5.74) is 6.99. The number of carbonyl (C=O) groups is 1. The molecule has 2 rings (SSSR count). The number of carbonyl (C=O) groups excluding carboxylic acids is 1. The molecule has 1 amide bonds. The van der Waals surface area contributed by atoms with E-state index in [4.69, 9.17) is 5.73 Å². The van der Waals surface area contributed by atoms with Gasteiger partial charge in [-0.2, -0.15) is 0 Å². The molecule has 98 valence electrons. The number of nitrogens with one attached hydrogen (secondary N) is 1. The molecule has 0 aliphatic heterocycles. The second-order valence-electron chi connectivity index (χ2n) is 5.15. The molecular weight excluding hydrogens is 292 g/mol. The fourth-order valence-electron chi connectivity index (χ4n) is 2.39. The normalized spacial score (nSPS) is 18.8. The van der Waals surface area contributed by atoms with Gasteiger partial charge in [-0.1, -0.05) is 34.5 Å². The van der Waals surface area contributed by atoms with E-state index in [0.29, 0.717) is 6.54 Å². The summed E-state index contributed by atoms with van der Waals surface area (Å²) in [6, 6.07) is 7.96. The van der Waals surface area contributed by atoms with Gasteiger partial charge in [-0.05, 0) is 37.5 Å². The van der Waals surface area contributed by atoms with Gasteiger partial charge in [-0.15, -0.1) is 0 Å². The van der Waals surface area contributed by atoms with Crippen molar-refractivity contribution in [1.82, 2.24) is 5.32 Å². The minimum absolute atomic E-state index is 0.0709. The van der Waals surface area contributed by atoms with E-state index >= 15 is 0 Å². The molecule has 1 saturated carbocycles. The Labute approximate surface area is 116 Å². The van der Waals surface area contributed by atoms with Crippen LogP contribution in [0.5, 0.6) is 0 Å². The lowest BCUT2D eigenvalue weighted by molar-refractivity contribution is -0.122. The van der Waals surface area contributed by atoms with Crippen molar-refractivity contribution in [1.29, 1.82) is 0 Å². The van der Waals surface area contributed by atoms with Gasteiger partial charge in [0.1, 0.15) is 0 Å². The molecule has 0 heterocycles. The number of hydrogen-bond donors (Lipinski definition) is 2. The number of benzene rings is 1. The Hall–Kier alpha value is -0.870. The van der Waals surface area contributed by atoms with Gasteiger partial charge in [0, 0.05) is 16.4 Å². The van der Waals surface area contributed by atoms with Crippen LogP contribution >= 0.6 is 15.9 Å². The van der Waals surface area contributed by atoms with E-state index in [-0.39, 0.29) is 11.3 Å². The molecule has 3 N–H and O–H groups in total. The summed E-state index contributed by atoms with van der Waals surface area (Å²) in [4.78, 5) is 11.6. The first-order valence-electron chi connectivity index (χ1n) is 6.33. The average molecular weight is 311 g/mol. The van der Waals surface area contributed by atoms with Crippen LogP contribution in [-0.4, -0.2) is 18.5 Å². The zero-order valence-corrected chi connectivity index (χ0v) is 12.2. The molecule has 0 aromatic heterocycles. The number of hydrogen-bond acceptors (Lipinski definition) is 2. The van der Waals surface area contributed by atoms with Crippen LogP contribution in [0.4, 0.5) is 0 Å². The molecule has 3 nitrogen and oxygen atoms in total. The summed E-state index contributed by atoms with van der Waals surface area (Å²) in [5, 5.41) is 2.96. The third-order valence-corrected chi connectivity index (χ3v) is 4.31. The van der Waals surface area contributed by atoms with Gasteiger partial charge in [-0.3, -0.25) is 4.79 Å². The fraction of sp³-hybridized carbons (Fsp3) is 0.500. The molecule has 0 unspecified atom stereocenters. The standard InChI is InChI=1S/C14H19BrN2O/c1-10(16)13(18)17-9-14(7-2-8-14)11-3-5-12(15)6-4-11/h3-6,10H,2,7-9,16H2,1H3,(H,17,18)/t10-/m1/s1. The highest BCUT2D eigenvalue weighted by Gasteiger charge is 2.38. The topological polar surface area (TPSA) is 55.1 Å². The maximum atomic E-state index is 11.6. The summed E-state index contributed by atoms with van der Waals surface area (Å²) in [5.74, 6) is -0.0709. The predicted molar refractivity (Wildman–Crippen MR) is 76.3 cm³/mol. The highest BCUT2D eigenvalue weighted by molar-refractivity contribution is 9.10. The first kappa shape index (κ1) is 13.6. The molecule has 0 radical (unpaired) electrons. The van der Waals surface area contributed by atoms with Crippen molar-refractivity contribution < 1.29 is 4.79 Å². The molecule has 1 aliphatic rings. The van der Waals surface area contributed by atoms with Crippen molar-refractivity contribution in [2.75, 3.05) is 6.54 Å². The molecule has 0 bridgehead atoms. The first-order valence-corrected chi connectivity index (χ1v) is 7.12. The molecule has 1 atom stereocenters. The second-order valence-corrected chi connectivity index (χ2v) is 6.06. The van der Waals surface area contributed by atoms with E-state index in [1.54, 1.807) is 6.92 Å². The van der Waals surface area contributed by atoms with Crippen molar-refractivity contribution in [3.8, 4) is 0 Å². The van der Waals surface area contributed by atoms with Crippen molar-refractivity contribution in [2.24, 2.45) is 5.73 Å². The van der Waals surface area contributed by atoms with Crippen molar-refractivity contribution in [3.05, 3.63) is 34.3 Å². The largest absolute Gasteiger partial charge is 0.354 e. The monoisotopic (exact) mass is 310 g/mol. The molecule has 1 aromatic rings. The zero-order valence-electron chi connectivity index (χ0n) is 10.6. The van der Waals surface area contributed by atoms with Crippen molar-refractivity contribution in [3.63, 3.8) is 0 Å². The Morgan fingerprint density at radius 3 is 2.50 bits per heavy atom. The number of amides is 1. The molecule has 1 aromatic carbocycles. The Balaban J connectivity index is 2.07. The van der Waals surface area contributed by atoms with Crippen LogP contribution < -0.4 is 11.1 Å². The van der Waals surface area contributed by atoms with E-state index in [2.05, 4.69) is 45.5 Å². The van der Waals surface area contributed by atoms with Crippen molar-refractivity contribution in [2.45, 2.75) is 37.6 Å². The third kappa shape index (κ3) is 2.75. The molecule has 0 saturated heterocycles. The maximum absolute atomic E-state index is 11.6. The minimum atomic E-state index is -0.438. The molecule has 18 heavy (non-hydrogen) atoms. The Bertz CT molecular complexity index is 424. The van der Waals surface area contributed by atoms with Gasteiger partial charge in [0.2, 0.25) is 5.91 Å². The van der Waals surface area contributed by atoms with Crippen molar-refractivity contribution >= 4 is 21.8 Å². The third-order valence-electron chi connectivity index (χ3n) is 3.78. The van der Waals surface area contributed by atoms with Crippen LogP contribution in [0.1, 0.15) is 31.7 Å². The quantitative estimate of drug-likeness (QED) is 0.897. The van der Waals surface area contributed by atoms with E-state index < -0.39 is 6.04 Å². The van der Waals surface area contributed by atoms with Gasteiger partial charge in [0.05, 0.1) is 6.04 Å². The van der Waals surface area contributed by atoms with Crippen LogP contribution in [0, 0.1) is 0 Å². The maximum Gasteiger partial charge on any atom is 0.236 e. The number of rotatable bonds is 4. The summed E-state index contributed by atoms with van der Waals surface area (Å²) in [6.07, 6.45) is 3.49. The summed E-state index contributed by atoms with van der Waals surface area (Å²) in [6.45, 7) is 2.40.